The number of aliphatic hydroxyl groups excluding tert-OH is 1. The molecule has 0 saturated heterocycles. The van der Waals surface area contributed by atoms with Crippen LogP contribution < -0.4 is 5.73 Å². The molecule has 1 amide bonds. The molecule has 15 heavy (non-hydrogen) atoms. The molecule has 90 valence electrons. The van der Waals surface area contributed by atoms with Gasteiger partial charge in [0.1, 0.15) is 0 Å². The molecule has 0 spiro atoms. The number of carbonyl (C=O) groups excluding carboxylic acids is 1. The second-order valence-corrected chi connectivity index (χ2v) is 3.44. The number of nitrogens with two attached hydrogens (primary N) is 1. The van der Waals surface area contributed by atoms with E-state index in [4.69, 9.17) is 15.6 Å². The normalized spacial score (nSPS) is 12.5. The van der Waals surface area contributed by atoms with Crippen LogP contribution in [0.2, 0.25) is 0 Å². The molecule has 0 aromatic heterocycles. The van der Waals surface area contributed by atoms with Crippen molar-refractivity contribution in [2.24, 2.45) is 5.73 Å². The highest BCUT2D eigenvalue weighted by Crippen LogP contribution is 2.00. The number of carbonyl (C=O) groups is 1. The van der Waals surface area contributed by atoms with Crippen molar-refractivity contribution in [2.75, 3.05) is 33.4 Å². The van der Waals surface area contributed by atoms with Crippen LogP contribution in [-0.4, -0.2) is 55.4 Å². The van der Waals surface area contributed by atoms with E-state index in [1.165, 1.54) is 0 Å². The van der Waals surface area contributed by atoms with Crippen molar-refractivity contribution in [1.29, 1.82) is 0 Å². The third kappa shape index (κ3) is 5.71. The lowest BCUT2D eigenvalue weighted by molar-refractivity contribution is -0.133. The number of ether oxygens (including phenoxy) is 1. The molecule has 0 aliphatic carbocycles. The predicted octanol–water partition coefficient (Wildman–Crippen LogP) is -0.419. The van der Waals surface area contributed by atoms with Gasteiger partial charge in [0.25, 0.3) is 0 Å². The van der Waals surface area contributed by atoms with E-state index in [2.05, 4.69) is 0 Å². The number of nitrogens with zero attached hydrogens (tertiary/aromatic N) is 1. The third-order valence-corrected chi connectivity index (χ3v) is 2.16. The molecule has 0 rings (SSSR count). The summed E-state index contributed by atoms with van der Waals surface area (Å²) in [5.41, 5.74) is 5.72. The first-order valence-corrected chi connectivity index (χ1v) is 5.31. The molecule has 0 aromatic rings. The van der Waals surface area contributed by atoms with Gasteiger partial charge in [-0.3, -0.25) is 4.79 Å². The van der Waals surface area contributed by atoms with Crippen molar-refractivity contribution in [1.82, 2.24) is 4.90 Å². The number of hydrogen-bond acceptors (Lipinski definition) is 4. The summed E-state index contributed by atoms with van der Waals surface area (Å²) in [6, 6.07) is -0.460. The summed E-state index contributed by atoms with van der Waals surface area (Å²) in [6.45, 7) is 3.20. The summed E-state index contributed by atoms with van der Waals surface area (Å²) in [4.78, 5) is 13.3. The molecule has 0 aliphatic rings. The average molecular weight is 218 g/mol. The van der Waals surface area contributed by atoms with Crippen molar-refractivity contribution in [3.63, 3.8) is 0 Å². The van der Waals surface area contributed by atoms with Crippen molar-refractivity contribution >= 4 is 5.91 Å². The lowest BCUT2D eigenvalue weighted by Crippen LogP contribution is -2.46. The lowest BCUT2D eigenvalue weighted by Gasteiger charge is -2.24. The highest BCUT2D eigenvalue weighted by atomic mass is 16.5. The molecule has 0 heterocycles. The minimum absolute atomic E-state index is 0.0473. The lowest BCUT2D eigenvalue weighted by atomic mass is 10.1. The molecule has 3 N–H and O–H groups in total. The van der Waals surface area contributed by atoms with Gasteiger partial charge in [-0.1, -0.05) is 13.3 Å². The number of rotatable bonds is 8. The number of aliphatic hydroxyl groups is 1. The molecular weight excluding hydrogens is 196 g/mol. The van der Waals surface area contributed by atoms with Gasteiger partial charge in [-0.2, -0.15) is 0 Å². The zero-order chi connectivity index (χ0) is 11.7. The smallest absolute Gasteiger partial charge is 0.239 e. The molecule has 0 aliphatic heterocycles. The van der Waals surface area contributed by atoms with Crippen LogP contribution in [0.5, 0.6) is 0 Å². The van der Waals surface area contributed by atoms with Crippen LogP contribution in [0.15, 0.2) is 0 Å². The minimum Gasteiger partial charge on any atom is -0.395 e. The Balaban J connectivity index is 4.13. The van der Waals surface area contributed by atoms with E-state index in [0.29, 0.717) is 26.1 Å². The van der Waals surface area contributed by atoms with Gasteiger partial charge in [0.15, 0.2) is 0 Å². The Bertz CT molecular complexity index is 176. The first-order chi connectivity index (χ1) is 7.17. The Morgan fingerprint density at radius 3 is 2.67 bits per heavy atom. The summed E-state index contributed by atoms with van der Waals surface area (Å²) >= 11 is 0. The van der Waals surface area contributed by atoms with Crippen LogP contribution in [0, 0.1) is 0 Å². The Labute approximate surface area is 91.2 Å². The van der Waals surface area contributed by atoms with Crippen LogP contribution in [0.3, 0.4) is 0 Å². The molecule has 5 heteroatoms. The van der Waals surface area contributed by atoms with Crippen molar-refractivity contribution in [3.05, 3.63) is 0 Å². The maximum Gasteiger partial charge on any atom is 0.239 e. The second kappa shape index (κ2) is 8.64. The van der Waals surface area contributed by atoms with Crippen LogP contribution in [0.25, 0.3) is 0 Å². The van der Waals surface area contributed by atoms with Gasteiger partial charge in [0, 0.05) is 20.2 Å². The fourth-order valence-corrected chi connectivity index (χ4v) is 1.32. The van der Waals surface area contributed by atoms with Gasteiger partial charge in [0.05, 0.1) is 19.3 Å². The quantitative estimate of drug-likeness (QED) is 0.580. The van der Waals surface area contributed by atoms with Crippen molar-refractivity contribution in [2.45, 2.75) is 25.8 Å². The van der Waals surface area contributed by atoms with E-state index in [1.54, 1.807) is 12.0 Å². The fourth-order valence-electron chi connectivity index (χ4n) is 1.32. The van der Waals surface area contributed by atoms with E-state index >= 15 is 0 Å². The Morgan fingerprint density at radius 1 is 1.53 bits per heavy atom. The molecular formula is C10H22N2O3. The Hall–Kier alpha value is -0.650. The first kappa shape index (κ1) is 14.3. The number of amides is 1. The Kier molecular flexibility index (Phi) is 8.27. The second-order valence-electron chi connectivity index (χ2n) is 3.44. The van der Waals surface area contributed by atoms with E-state index < -0.39 is 6.04 Å². The third-order valence-electron chi connectivity index (χ3n) is 2.16. The van der Waals surface area contributed by atoms with Gasteiger partial charge in [-0.25, -0.2) is 0 Å². The number of hydrogen-bond donors (Lipinski definition) is 2. The van der Waals surface area contributed by atoms with Crippen molar-refractivity contribution < 1.29 is 14.6 Å². The maximum atomic E-state index is 11.8. The largest absolute Gasteiger partial charge is 0.395 e. The Morgan fingerprint density at radius 2 is 2.20 bits per heavy atom. The molecule has 1 atom stereocenters. The summed E-state index contributed by atoms with van der Waals surface area (Å²) in [5.74, 6) is -0.108. The highest BCUT2D eigenvalue weighted by molar-refractivity contribution is 5.81. The summed E-state index contributed by atoms with van der Waals surface area (Å²) in [5, 5.41) is 8.82. The molecule has 0 saturated carbocycles. The van der Waals surface area contributed by atoms with Gasteiger partial charge in [-0.15, -0.1) is 0 Å². The van der Waals surface area contributed by atoms with Crippen LogP contribution in [0.4, 0.5) is 0 Å². The average Bonchev–Trinajstić information content (AvgIpc) is 2.23. The molecule has 0 bridgehead atoms. The molecule has 0 aromatic carbocycles. The van der Waals surface area contributed by atoms with Crippen LogP contribution >= 0.6 is 0 Å². The summed E-state index contributed by atoms with van der Waals surface area (Å²) < 4.78 is 4.89. The maximum absolute atomic E-state index is 11.8. The van der Waals surface area contributed by atoms with Crippen molar-refractivity contribution in [3.8, 4) is 0 Å². The van der Waals surface area contributed by atoms with E-state index in [-0.39, 0.29) is 12.5 Å². The summed E-state index contributed by atoms with van der Waals surface area (Å²) in [7, 11) is 1.58. The van der Waals surface area contributed by atoms with Crippen LogP contribution in [-0.2, 0) is 9.53 Å². The number of methoxy groups -OCH3 is 1. The molecule has 5 nitrogen and oxygen atoms in total. The molecule has 0 radical (unpaired) electrons. The fraction of sp³-hybridized carbons (Fsp3) is 0.900. The SMILES string of the molecule is CCC[C@@H](N)C(=O)N(CCO)CCOC. The first-order valence-electron chi connectivity index (χ1n) is 5.31. The molecule has 0 fully saturated rings. The van der Waals surface area contributed by atoms with E-state index in [1.807, 2.05) is 6.92 Å². The topological polar surface area (TPSA) is 75.8 Å². The van der Waals surface area contributed by atoms with Crippen LogP contribution in [0.1, 0.15) is 19.8 Å². The predicted molar refractivity (Wildman–Crippen MR) is 58.4 cm³/mol. The zero-order valence-electron chi connectivity index (χ0n) is 9.61. The zero-order valence-corrected chi connectivity index (χ0v) is 9.61. The standard InChI is InChI=1S/C10H22N2O3/c1-3-4-9(11)10(14)12(5-7-13)6-8-15-2/h9,13H,3-8,11H2,1-2H3/t9-/m1/s1. The molecule has 0 unspecified atom stereocenters. The van der Waals surface area contributed by atoms with Gasteiger partial charge >= 0.3 is 0 Å². The van der Waals surface area contributed by atoms with Gasteiger partial charge in [-0.05, 0) is 6.42 Å². The summed E-state index contributed by atoms with van der Waals surface area (Å²) in [6.07, 6.45) is 1.55. The van der Waals surface area contributed by atoms with E-state index in [0.717, 1.165) is 6.42 Å². The minimum atomic E-state index is -0.460. The van der Waals surface area contributed by atoms with E-state index in [9.17, 15) is 4.79 Å². The van der Waals surface area contributed by atoms with Gasteiger partial charge in [0.2, 0.25) is 5.91 Å². The van der Waals surface area contributed by atoms with Gasteiger partial charge < -0.3 is 20.5 Å². The monoisotopic (exact) mass is 218 g/mol. The highest BCUT2D eigenvalue weighted by Gasteiger charge is 2.19.